The lowest BCUT2D eigenvalue weighted by atomic mass is 10.1. The van der Waals surface area contributed by atoms with Crippen LogP contribution >= 0.6 is 22.7 Å². The van der Waals surface area contributed by atoms with Gasteiger partial charge in [-0.1, -0.05) is 60.7 Å². The molecule has 0 bridgehead atoms. The molecule has 132 valence electrons. The van der Waals surface area contributed by atoms with E-state index in [4.69, 9.17) is 4.98 Å². The molecule has 0 aliphatic rings. The van der Waals surface area contributed by atoms with Gasteiger partial charge < -0.3 is 0 Å². The van der Waals surface area contributed by atoms with Gasteiger partial charge in [-0.2, -0.15) is 0 Å². The van der Waals surface area contributed by atoms with E-state index in [1.54, 1.807) is 0 Å². The van der Waals surface area contributed by atoms with Gasteiger partial charge in [0.2, 0.25) is 0 Å². The van der Waals surface area contributed by atoms with E-state index in [1.807, 2.05) is 22.7 Å². The first-order chi connectivity index (χ1) is 13.8. The second kappa shape index (κ2) is 6.26. The Morgan fingerprint density at radius 1 is 0.536 bits per heavy atom. The third kappa shape index (κ3) is 2.55. The number of benzene rings is 3. The predicted molar refractivity (Wildman–Crippen MR) is 123 cm³/mol. The molecule has 0 spiro atoms. The fourth-order valence-electron chi connectivity index (χ4n) is 3.72. The number of hydrogen-bond donors (Lipinski definition) is 0. The van der Waals surface area contributed by atoms with Gasteiger partial charge in [0, 0.05) is 14.8 Å². The summed E-state index contributed by atoms with van der Waals surface area (Å²) in [6.45, 7) is 0. The summed E-state index contributed by atoms with van der Waals surface area (Å²) in [7, 11) is 0. The van der Waals surface area contributed by atoms with E-state index in [0.717, 1.165) is 11.4 Å². The molecule has 6 aromatic rings. The van der Waals surface area contributed by atoms with Crippen LogP contribution in [0.15, 0.2) is 91.0 Å². The van der Waals surface area contributed by atoms with E-state index in [0.29, 0.717) is 0 Å². The molecule has 1 nitrogen and oxygen atoms in total. The molecule has 0 N–H and O–H groups in total. The zero-order valence-electron chi connectivity index (χ0n) is 14.9. The fourth-order valence-corrected chi connectivity index (χ4v) is 5.81. The first-order valence-corrected chi connectivity index (χ1v) is 10.9. The van der Waals surface area contributed by atoms with Crippen LogP contribution in [0.3, 0.4) is 0 Å². The molecule has 3 aromatic heterocycles. The highest BCUT2D eigenvalue weighted by Gasteiger charge is 2.13. The molecule has 6 rings (SSSR count). The predicted octanol–water partition coefficient (Wildman–Crippen LogP) is 8.00. The van der Waals surface area contributed by atoms with Crippen molar-refractivity contribution in [2.24, 2.45) is 0 Å². The molecule has 0 amide bonds. The lowest BCUT2D eigenvalue weighted by Crippen LogP contribution is -1.88. The highest BCUT2D eigenvalue weighted by atomic mass is 32.1. The molecule has 0 saturated heterocycles. The van der Waals surface area contributed by atoms with Crippen LogP contribution in [0.25, 0.3) is 52.1 Å². The van der Waals surface area contributed by atoms with Crippen molar-refractivity contribution in [3.63, 3.8) is 0 Å². The lowest BCUT2D eigenvalue weighted by Gasteiger charge is -2.07. The first-order valence-electron chi connectivity index (χ1n) is 9.23. The van der Waals surface area contributed by atoms with Crippen molar-refractivity contribution in [3.05, 3.63) is 91.0 Å². The van der Waals surface area contributed by atoms with Gasteiger partial charge in [0.1, 0.15) is 0 Å². The largest absolute Gasteiger partial charge is 0.245 e. The minimum absolute atomic E-state index is 1.05. The summed E-state index contributed by atoms with van der Waals surface area (Å²) in [5, 5.41) is 5.00. The third-order valence-corrected chi connectivity index (χ3v) is 7.34. The van der Waals surface area contributed by atoms with Crippen LogP contribution in [0, 0.1) is 0 Å². The summed E-state index contributed by atoms with van der Waals surface area (Å²) in [5.41, 5.74) is 2.12. The Morgan fingerprint density at radius 2 is 1.11 bits per heavy atom. The van der Waals surface area contributed by atoms with Crippen molar-refractivity contribution in [3.8, 4) is 21.1 Å². The highest BCUT2D eigenvalue weighted by molar-refractivity contribution is 7.22. The lowest BCUT2D eigenvalue weighted by molar-refractivity contribution is 1.38. The second-order valence-corrected chi connectivity index (χ2v) is 9.04. The maximum atomic E-state index is 5.15. The molecular formula is C25H15NS2. The number of nitrogens with zero attached hydrogens (tertiary/aromatic N) is 1. The molecule has 0 radical (unpaired) electrons. The molecule has 0 aliphatic heterocycles. The van der Waals surface area contributed by atoms with Gasteiger partial charge in [0.15, 0.2) is 0 Å². The summed E-state index contributed by atoms with van der Waals surface area (Å²) in [6.07, 6.45) is 0. The van der Waals surface area contributed by atoms with Gasteiger partial charge >= 0.3 is 0 Å². The van der Waals surface area contributed by atoms with Gasteiger partial charge in [-0.05, 0) is 46.5 Å². The number of pyridine rings is 1. The van der Waals surface area contributed by atoms with E-state index < -0.39 is 0 Å². The Hall–Kier alpha value is -3.01. The van der Waals surface area contributed by atoms with Crippen LogP contribution in [-0.4, -0.2) is 4.98 Å². The summed E-state index contributed by atoms with van der Waals surface area (Å²) >= 11 is 3.62. The Balaban J connectivity index is 1.63. The highest BCUT2D eigenvalue weighted by Crippen LogP contribution is 2.39. The molecule has 0 unspecified atom stereocenters. The number of fused-ring (bicyclic) bond motifs is 3. The molecule has 3 heterocycles. The number of aromatic nitrogens is 1. The van der Waals surface area contributed by atoms with Gasteiger partial charge in [-0.3, -0.25) is 0 Å². The first kappa shape index (κ1) is 16.0. The topological polar surface area (TPSA) is 12.9 Å². The van der Waals surface area contributed by atoms with Crippen LogP contribution in [0.1, 0.15) is 0 Å². The Bertz CT molecular complexity index is 1410. The minimum atomic E-state index is 1.05. The van der Waals surface area contributed by atoms with E-state index >= 15 is 0 Å². The number of rotatable bonds is 2. The van der Waals surface area contributed by atoms with Crippen molar-refractivity contribution >= 4 is 53.6 Å². The van der Waals surface area contributed by atoms with Crippen molar-refractivity contribution in [2.75, 3.05) is 0 Å². The average molecular weight is 394 g/mol. The van der Waals surface area contributed by atoms with E-state index in [2.05, 4.69) is 91.0 Å². The van der Waals surface area contributed by atoms with Crippen LogP contribution in [0.4, 0.5) is 0 Å². The van der Waals surface area contributed by atoms with E-state index in [-0.39, 0.29) is 0 Å². The van der Waals surface area contributed by atoms with Crippen LogP contribution in [0.5, 0.6) is 0 Å². The smallest absolute Gasteiger partial charge is 0.0888 e. The molecule has 0 aliphatic carbocycles. The molecule has 3 heteroatoms. The molecule has 28 heavy (non-hydrogen) atoms. The van der Waals surface area contributed by atoms with Crippen LogP contribution in [-0.2, 0) is 0 Å². The Labute approximate surface area is 170 Å². The zero-order chi connectivity index (χ0) is 18.5. The Kier molecular flexibility index (Phi) is 3.58. The van der Waals surface area contributed by atoms with Gasteiger partial charge in [-0.15, -0.1) is 22.7 Å². The minimum Gasteiger partial charge on any atom is -0.245 e. The van der Waals surface area contributed by atoms with Crippen molar-refractivity contribution in [2.45, 2.75) is 0 Å². The standard InChI is InChI=1S/C25H15NS2/c1-4-10-19-16(7-1)13-20(23-14-17-8-2-5-11-21(17)27-23)26-25(19)24-15-18-9-3-6-12-22(18)28-24/h1-15H. The number of hydrogen-bond acceptors (Lipinski definition) is 3. The Morgan fingerprint density at radius 3 is 1.82 bits per heavy atom. The zero-order valence-corrected chi connectivity index (χ0v) is 16.6. The summed E-state index contributed by atoms with van der Waals surface area (Å²) in [4.78, 5) is 7.59. The van der Waals surface area contributed by atoms with Crippen molar-refractivity contribution in [1.29, 1.82) is 0 Å². The normalized spacial score (nSPS) is 11.6. The number of thiophene rings is 2. The summed E-state index contributed by atoms with van der Waals surface area (Å²) < 4.78 is 2.60. The SMILES string of the molecule is c1ccc2sc(-c3cc4ccccc4c(-c4cc5ccccc5s4)n3)cc2c1. The van der Waals surface area contributed by atoms with Gasteiger partial charge in [0.25, 0.3) is 0 Å². The second-order valence-electron chi connectivity index (χ2n) is 6.87. The van der Waals surface area contributed by atoms with Crippen LogP contribution in [0.2, 0.25) is 0 Å². The van der Waals surface area contributed by atoms with E-state index in [1.165, 1.54) is 40.7 Å². The molecule has 0 fully saturated rings. The summed E-state index contributed by atoms with van der Waals surface area (Å²) in [6, 6.07) is 32.4. The molecule has 0 saturated carbocycles. The quantitative estimate of drug-likeness (QED) is 0.290. The van der Waals surface area contributed by atoms with Gasteiger partial charge in [-0.25, -0.2) is 4.98 Å². The third-order valence-electron chi connectivity index (χ3n) is 5.08. The average Bonchev–Trinajstić information content (AvgIpc) is 3.37. The molecular weight excluding hydrogens is 378 g/mol. The fraction of sp³-hybridized carbons (Fsp3) is 0. The van der Waals surface area contributed by atoms with Crippen molar-refractivity contribution < 1.29 is 0 Å². The molecule has 0 atom stereocenters. The van der Waals surface area contributed by atoms with Crippen LogP contribution < -0.4 is 0 Å². The maximum Gasteiger partial charge on any atom is 0.0888 e. The monoisotopic (exact) mass is 393 g/mol. The van der Waals surface area contributed by atoms with Gasteiger partial charge in [0.05, 0.1) is 21.1 Å². The summed E-state index contributed by atoms with van der Waals surface area (Å²) in [5.74, 6) is 0. The molecule has 3 aromatic carbocycles. The maximum absolute atomic E-state index is 5.15. The van der Waals surface area contributed by atoms with Crippen molar-refractivity contribution in [1.82, 2.24) is 4.98 Å². The van der Waals surface area contributed by atoms with E-state index in [9.17, 15) is 0 Å².